The fourth-order valence-corrected chi connectivity index (χ4v) is 12.2. The Hall–Kier alpha value is -7.47. The number of aliphatic imine (C=N–C) groups is 4. The van der Waals surface area contributed by atoms with Crippen molar-refractivity contribution in [1.29, 1.82) is 21.6 Å². The molecule has 0 N–H and O–H groups in total. The van der Waals surface area contributed by atoms with Crippen LogP contribution >= 0.6 is 0 Å². The van der Waals surface area contributed by atoms with E-state index >= 15 is 0 Å². The Labute approximate surface area is 599 Å². The molecular weight excluding hydrogens is 1270 g/mol. The first-order valence-electron chi connectivity index (χ1n) is 34.4. The van der Waals surface area contributed by atoms with Crippen LogP contribution in [0.25, 0.3) is 0 Å². The van der Waals surface area contributed by atoms with Gasteiger partial charge in [-0.15, -0.1) is 0 Å². The van der Waals surface area contributed by atoms with Crippen molar-refractivity contribution in [3.63, 3.8) is 0 Å². The van der Waals surface area contributed by atoms with Crippen LogP contribution in [0.3, 0.4) is 0 Å². The van der Waals surface area contributed by atoms with E-state index in [-0.39, 0.29) is 33.6 Å². The number of nitrogens with zero attached hydrogens (tertiary/aromatic N) is 12. The fraction of sp³-hybridized carbons (Fsp3) is 0.463. The largest absolute Gasteiger partial charge is 0.371 e. The van der Waals surface area contributed by atoms with Gasteiger partial charge < -0.3 is 9.80 Å². The van der Waals surface area contributed by atoms with Gasteiger partial charge >= 0.3 is 0 Å². The van der Waals surface area contributed by atoms with Crippen molar-refractivity contribution >= 4 is 57.0 Å². The van der Waals surface area contributed by atoms with Crippen LogP contribution in [-0.4, -0.2) is 59.0 Å². The average Bonchev–Trinajstić information content (AvgIpc) is 1.01. The SMILES string of the molecule is CC(=Nc1c(C(C)C)cccc1C(C)C)c1cc(N2CCCC2)cc(C(C)=Nc2c(C(C)C)cccc2C(C)C)n1.CC(=Nc1c(C(C)C)cccc1C(C)C)c1cc(N2CCCC2)cc(C(C)=Nc2c(C(C)C)cccc2C(C)C)n1.Cc1ccc(C)cc1.N#N.N#N.[Co].[Co]. The van der Waals surface area contributed by atoms with Gasteiger partial charge in [-0.25, -0.2) is 9.97 Å². The first-order valence-corrected chi connectivity index (χ1v) is 34.4. The van der Waals surface area contributed by atoms with Gasteiger partial charge in [0.2, 0.25) is 0 Å². The number of pyridine rings is 2. The number of aromatic nitrogens is 2. The zero-order valence-electron chi connectivity index (χ0n) is 61.9. The topological polar surface area (TPSA) is 177 Å². The van der Waals surface area contributed by atoms with Crippen molar-refractivity contribution in [3.05, 3.63) is 200 Å². The van der Waals surface area contributed by atoms with Gasteiger partial charge in [-0.05, 0) is 183 Å². The molecule has 2 saturated heterocycles. The monoisotopic (exact) mass is 1380 g/mol. The van der Waals surface area contributed by atoms with E-state index < -0.39 is 0 Å². The molecule has 2 fully saturated rings. The Morgan fingerprint density at radius 2 is 0.479 bits per heavy atom. The number of aryl methyl sites for hydroxylation is 2. The van der Waals surface area contributed by atoms with E-state index in [1.807, 2.05) is 0 Å². The fourth-order valence-electron chi connectivity index (χ4n) is 12.2. The Bertz CT molecular complexity index is 3230. The summed E-state index contributed by atoms with van der Waals surface area (Å²) in [6.45, 7) is 52.9. The summed E-state index contributed by atoms with van der Waals surface area (Å²) < 4.78 is 0. The van der Waals surface area contributed by atoms with Crippen LogP contribution < -0.4 is 9.80 Å². The molecule has 2 aliphatic rings. The summed E-state index contributed by atoms with van der Waals surface area (Å²) in [6, 6.07) is 43.8. The first-order chi connectivity index (χ1) is 44.7. The van der Waals surface area contributed by atoms with Crippen LogP contribution in [0.4, 0.5) is 34.1 Å². The smallest absolute Gasteiger partial charge is 0.0870 e. The normalized spacial score (nSPS) is 13.5. The molecule has 0 bridgehead atoms. The van der Waals surface area contributed by atoms with Crippen LogP contribution in [0.1, 0.15) is 290 Å². The third-order valence-corrected chi connectivity index (χ3v) is 17.8. The van der Waals surface area contributed by atoms with E-state index in [2.05, 4.69) is 283 Å². The van der Waals surface area contributed by atoms with Gasteiger partial charge in [0.1, 0.15) is 0 Å². The Morgan fingerprint density at radius 3 is 0.635 bits per heavy atom. The molecule has 12 nitrogen and oxygen atoms in total. The molecule has 0 aliphatic carbocycles. The molecule has 0 saturated carbocycles. The van der Waals surface area contributed by atoms with Gasteiger partial charge in [-0.3, -0.25) is 20.0 Å². The van der Waals surface area contributed by atoms with E-state index in [1.165, 1.54) is 92.7 Å². The number of benzene rings is 5. The first kappa shape index (κ1) is 82.8. The zero-order valence-corrected chi connectivity index (χ0v) is 63.9. The average molecular weight is 1380 g/mol. The second-order valence-corrected chi connectivity index (χ2v) is 27.9. The summed E-state index contributed by atoms with van der Waals surface area (Å²) >= 11 is 0. The van der Waals surface area contributed by atoms with Crippen molar-refractivity contribution in [2.24, 2.45) is 20.0 Å². The van der Waals surface area contributed by atoms with Crippen LogP contribution in [0.2, 0.25) is 0 Å². The van der Waals surface area contributed by atoms with Gasteiger partial charge in [0.25, 0.3) is 0 Å². The quantitative estimate of drug-likeness (QED) is 0.0602. The molecule has 0 spiro atoms. The summed E-state index contributed by atoms with van der Waals surface area (Å²) in [5.41, 5.74) is 27.3. The second-order valence-electron chi connectivity index (χ2n) is 27.9. The number of hydrogen-bond acceptors (Lipinski definition) is 12. The molecule has 2 aromatic heterocycles. The van der Waals surface area contributed by atoms with E-state index in [0.29, 0.717) is 47.3 Å². The minimum Gasteiger partial charge on any atom is -0.371 e. The molecule has 14 heteroatoms. The molecule has 5 aromatic carbocycles. The molecule has 0 unspecified atom stereocenters. The molecular formula is C82H110Co2N12. The summed E-state index contributed by atoms with van der Waals surface area (Å²) in [7, 11) is 0. The van der Waals surface area contributed by atoms with E-state index in [0.717, 1.165) is 94.6 Å². The number of para-hydroxylation sites is 4. The van der Waals surface area contributed by atoms with Crippen LogP contribution in [0, 0.1) is 35.4 Å². The third-order valence-electron chi connectivity index (χ3n) is 17.8. The van der Waals surface area contributed by atoms with E-state index in [9.17, 15) is 0 Å². The van der Waals surface area contributed by atoms with E-state index in [4.69, 9.17) is 51.5 Å². The van der Waals surface area contributed by atoms with Crippen LogP contribution in [0.5, 0.6) is 0 Å². The van der Waals surface area contributed by atoms with Crippen LogP contribution in [0.15, 0.2) is 141 Å². The Kier molecular flexibility index (Phi) is 34.2. The molecule has 0 amide bonds. The molecule has 9 rings (SSSR count). The van der Waals surface area contributed by atoms with Crippen molar-refractivity contribution in [2.45, 2.75) is 225 Å². The minimum absolute atomic E-state index is 0. The molecule has 0 atom stereocenters. The molecule has 2 aliphatic heterocycles. The van der Waals surface area contributed by atoms with Crippen molar-refractivity contribution in [3.8, 4) is 0 Å². The predicted molar refractivity (Wildman–Crippen MR) is 400 cm³/mol. The molecule has 4 heterocycles. The maximum Gasteiger partial charge on any atom is 0.0870 e. The van der Waals surface area contributed by atoms with Crippen LogP contribution in [-0.2, 0) is 33.6 Å². The standard InChI is InChI=1S/2C37H50N4.C8H10.2Co.2N2/c2*1-23(2)30-15-13-16-31(24(3)4)36(30)38-27(9)34-21-29(41-19-11-12-20-41)22-35(40-34)28(10)39-37-32(25(5)6)17-14-18-33(37)26(7)8;1-7-3-5-8(2)6-4-7;;;2*1-2/h2*13-18,21-26H,11-12,19-20H2,1-10H3;3-6H,1-2H3;;;;. The predicted octanol–water partition coefficient (Wildman–Crippen LogP) is 23.3. The van der Waals surface area contributed by atoms with E-state index in [1.54, 1.807) is 0 Å². The summed E-state index contributed by atoms with van der Waals surface area (Å²) in [4.78, 5) is 36.6. The maximum absolute atomic E-state index is 6.00. The van der Waals surface area contributed by atoms with Gasteiger partial charge in [0.15, 0.2) is 0 Å². The van der Waals surface area contributed by atoms with Crippen molar-refractivity contribution < 1.29 is 33.6 Å². The zero-order chi connectivity index (χ0) is 69.7. The molecule has 7 aromatic rings. The van der Waals surface area contributed by atoms with Gasteiger partial charge in [0, 0.05) is 92.7 Å². The maximum atomic E-state index is 6.00. The third kappa shape index (κ3) is 22.3. The molecule has 516 valence electrons. The number of hydrogen-bond donors (Lipinski definition) is 0. The number of rotatable bonds is 18. The Morgan fingerprint density at radius 1 is 0.312 bits per heavy atom. The summed E-state index contributed by atoms with van der Waals surface area (Å²) in [5, 5.41) is 24.0. The second kappa shape index (κ2) is 39.7. The minimum atomic E-state index is 0. The summed E-state index contributed by atoms with van der Waals surface area (Å²) in [5.74, 6) is 3.15. The van der Waals surface area contributed by atoms with Crippen molar-refractivity contribution in [1.82, 2.24) is 9.97 Å². The van der Waals surface area contributed by atoms with Gasteiger partial charge in [0.05, 0.1) is 68.4 Å². The Balaban J connectivity index is 0.000000419. The molecule has 96 heavy (non-hydrogen) atoms. The summed E-state index contributed by atoms with van der Waals surface area (Å²) in [6.07, 6.45) is 4.91. The van der Waals surface area contributed by atoms with Gasteiger partial charge in [-0.2, -0.15) is 0 Å². The van der Waals surface area contributed by atoms with Gasteiger partial charge in [-0.1, -0.05) is 219 Å². The molecule has 2 radical (unpaired) electrons. The number of anilines is 2. The van der Waals surface area contributed by atoms with Crippen molar-refractivity contribution in [2.75, 3.05) is 36.0 Å².